The lowest BCUT2D eigenvalue weighted by Gasteiger charge is -2.34. The summed E-state index contributed by atoms with van der Waals surface area (Å²) in [7, 11) is 1.58. The van der Waals surface area contributed by atoms with Crippen LogP contribution in [0.15, 0.2) is 40.2 Å². The molecule has 1 fully saturated rings. The van der Waals surface area contributed by atoms with Gasteiger partial charge >= 0.3 is 0 Å². The van der Waals surface area contributed by atoms with E-state index in [0.29, 0.717) is 18.9 Å². The van der Waals surface area contributed by atoms with Crippen LogP contribution in [0.2, 0.25) is 0 Å². The van der Waals surface area contributed by atoms with Crippen LogP contribution in [0.25, 0.3) is 0 Å². The number of rotatable bonds is 8. The first kappa shape index (κ1) is 25.1. The quantitative estimate of drug-likeness (QED) is 0.448. The molecule has 1 aliphatic carbocycles. The Bertz CT molecular complexity index is 1390. The van der Waals surface area contributed by atoms with Gasteiger partial charge in [-0.15, -0.1) is 0 Å². The van der Waals surface area contributed by atoms with Gasteiger partial charge in [0.1, 0.15) is 12.0 Å². The van der Waals surface area contributed by atoms with Gasteiger partial charge in [0, 0.05) is 30.3 Å². The molecule has 0 spiro atoms. The molecule has 2 aromatic heterocycles. The smallest absolute Gasteiger partial charge is 0.276 e. The fourth-order valence-electron chi connectivity index (χ4n) is 4.76. The number of hydrogen-bond acceptors (Lipinski definition) is 10. The van der Waals surface area contributed by atoms with Gasteiger partial charge in [0.05, 0.1) is 35.0 Å². The van der Waals surface area contributed by atoms with Crippen LogP contribution in [0.1, 0.15) is 41.0 Å². The van der Waals surface area contributed by atoms with Crippen LogP contribution in [0.3, 0.4) is 0 Å². The van der Waals surface area contributed by atoms with Crippen LogP contribution in [0.4, 0.5) is 14.5 Å². The van der Waals surface area contributed by atoms with E-state index in [4.69, 9.17) is 19.6 Å². The third kappa shape index (κ3) is 4.64. The number of ether oxygens (including phenoxy) is 2. The SMILES string of the molecule is COC[C@]12C[C@H]1[C@@](C)(c1cc(NC(=O)c3ncc(OCc4ncco4)nc3C)cc(F)c1F)N=C(N)S2. The Hall–Kier alpha value is -3.58. The van der Waals surface area contributed by atoms with Gasteiger partial charge in [0.15, 0.2) is 23.4 Å². The highest BCUT2D eigenvalue weighted by Gasteiger charge is 2.66. The van der Waals surface area contributed by atoms with Crippen LogP contribution in [0.5, 0.6) is 5.88 Å². The molecule has 37 heavy (non-hydrogen) atoms. The number of amidine groups is 1. The molecule has 0 radical (unpaired) electrons. The summed E-state index contributed by atoms with van der Waals surface area (Å²) in [6, 6.07) is 2.30. The first-order valence-corrected chi connectivity index (χ1v) is 12.2. The average molecular weight is 531 g/mol. The lowest BCUT2D eigenvalue weighted by molar-refractivity contribution is 0.102. The number of benzene rings is 1. The Morgan fingerprint density at radius 3 is 2.86 bits per heavy atom. The molecule has 13 heteroatoms. The van der Waals surface area contributed by atoms with E-state index in [2.05, 4.69) is 25.3 Å². The zero-order valence-electron chi connectivity index (χ0n) is 20.2. The van der Waals surface area contributed by atoms with E-state index in [-0.39, 0.29) is 51.0 Å². The molecule has 3 heterocycles. The molecule has 3 atom stereocenters. The minimum Gasteiger partial charge on any atom is -0.467 e. The minimum atomic E-state index is -1.13. The third-order valence-corrected chi connectivity index (χ3v) is 7.82. The summed E-state index contributed by atoms with van der Waals surface area (Å²) in [5.41, 5.74) is 5.29. The molecule has 3 N–H and O–H groups in total. The van der Waals surface area contributed by atoms with Crippen molar-refractivity contribution in [2.24, 2.45) is 16.6 Å². The van der Waals surface area contributed by atoms with E-state index in [1.165, 1.54) is 36.5 Å². The van der Waals surface area contributed by atoms with Gasteiger partial charge in [-0.2, -0.15) is 0 Å². The fourth-order valence-corrected chi connectivity index (χ4v) is 6.21. The zero-order chi connectivity index (χ0) is 26.4. The molecule has 1 amide bonds. The number of aromatic nitrogens is 3. The minimum absolute atomic E-state index is 0.00129. The van der Waals surface area contributed by atoms with Crippen molar-refractivity contribution in [3.05, 3.63) is 65.3 Å². The maximum atomic E-state index is 15.1. The summed E-state index contributed by atoms with van der Waals surface area (Å²) in [6.07, 6.45) is 4.87. The van der Waals surface area contributed by atoms with Gasteiger partial charge in [-0.05, 0) is 26.3 Å². The molecule has 0 bridgehead atoms. The van der Waals surface area contributed by atoms with Crippen molar-refractivity contribution >= 4 is 28.5 Å². The number of halogens is 2. The molecule has 10 nitrogen and oxygen atoms in total. The highest BCUT2D eigenvalue weighted by molar-refractivity contribution is 8.15. The van der Waals surface area contributed by atoms with Crippen LogP contribution in [0, 0.1) is 24.5 Å². The molecule has 1 aliphatic heterocycles. The van der Waals surface area contributed by atoms with Crippen LogP contribution < -0.4 is 15.8 Å². The largest absolute Gasteiger partial charge is 0.467 e. The Balaban J connectivity index is 1.38. The average Bonchev–Trinajstić information content (AvgIpc) is 3.31. The van der Waals surface area contributed by atoms with Crippen molar-refractivity contribution in [3.8, 4) is 5.88 Å². The molecule has 0 unspecified atom stereocenters. The monoisotopic (exact) mass is 530 g/mol. The van der Waals surface area contributed by atoms with E-state index in [1.807, 2.05) is 0 Å². The van der Waals surface area contributed by atoms with Crippen molar-refractivity contribution < 1.29 is 27.5 Å². The van der Waals surface area contributed by atoms with E-state index >= 15 is 4.39 Å². The number of carbonyl (C=O) groups is 1. The van der Waals surface area contributed by atoms with Gasteiger partial charge in [-0.1, -0.05) is 11.8 Å². The Labute approximate surface area is 215 Å². The predicted molar refractivity (Wildman–Crippen MR) is 131 cm³/mol. The number of fused-ring (bicyclic) bond motifs is 1. The molecule has 1 saturated carbocycles. The number of aryl methyl sites for hydroxylation is 1. The van der Waals surface area contributed by atoms with Crippen LogP contribution >= 0.6 is 11.8 Å². The topological polar surface area (TPSA) is 138 Å². The van der Waals surface area contributed by atoms with Gasteiger partial charge in [-0.3, -0.25) is 9.79 Å². The lowest BCUT2D eigenvalue weighted by Crippen LogP contribution is -2.38. The Kier molecular flexibility index (Phi) is 6.36. The summed E-state index contributed by atoms with van der Waals surface area (Å²) < 4.78 is 45.4. The number of oxazole rings is 1. The van der Waals surface area contributed by atoms with Crippen molar-refractivity contribution in [1.82, 2.24) is 15.0 Å². The normalized spacial score (nSPS) is 24.2. The van der Waals surface area contributed by atoms with E-state index < -0.39 is 23.1 Å². The zero-order valence-corrected chi connectivity index (χ0v) is 21.1. The fraction of sp³-hybridized carbons (Fsp3) is 0.375. The molecule has 5 rings (SSSR count). The van der Waals surface area contributed by atoms with Gasteiger partial charge in [0.25, 0.3) is 5.91 Å². The van der Waals surface area contributed by atoms with E-state index in [0.717, 1.165) is 6.07 Å². The standard InChI is InChI=1S/C24H24F2N6O4S/c1-12-20(29-9-17(30-12)36-10-18-28-4-5-35-18)21(33)31-13-6-14(19(26)15(25)7-13)23(2)16-8-24(16,11-34-3)37-22(27)32-23/h4-7,9,16H,8,10-11H2,1-3H3,(H2,27,32)(H,31,33)/t16-,23+,24+/m0/s1. The van der Waals surface area contributed by atoms with Crippen molar-refractivity contribution in [2.75, 3.05) is 19.0 Å². The number of nitrogens with zero attached hydrogens (tertiary/aromatic N) is 4. The van der Waals surface area contributed by atoms with E-state index in [1.54, 1.807) is 21.0 Å². The first-order chi connectivity index (χ1) is 17.6. The summed E-state index contributed by atoms with van der Waals surface area (Å²) in [4.78, 5) is 29.8. The summed E-state index contributed by atoms with van der Waals surface area (Å²) >= 11 is 1.39. The number of amides is 1. The molecule has 3 aromatic rings. The maximum Gasteiger partial charge on any atom is 0.276 e. The number of nitrogens with two attached hydrogens (primary N) is 1. The Morgan fingerprint density at radius 2 is 2.16 bits per heavy atom. The van der Waals surface area contributed by atoms with Gasteiger partial charge in [-0.25, -0.2) is 23.7 Å². The second-order valence-corrected chi connectivity index (χ2v) is 10.5. The van der Waals surface area contributed by atoms with Gasteiger partial charge in [0.2, 0.25) is 11.8 Å². The number of carbonyl (C=O) groups excluding carboxylic acids is 1. The summed E-state index contributed by atoms with van der Waals surface area (Å²) in [6.45, 7) is 3.75. The third-order valence-electron chi connectivity index (χ3n) is 6.54. The van der Waals surface area contributed by atoms with Crippen molar-refractivity contribution in [3.63, 3.8) is 0 Å². The number of nitrogens with one attached hydrogen (secondary N) is 1. The summed E-state index contributed by atoms with van der Waals surface area (Å²) in [5, 5.41) is 2.86. The maximum absolute atomic E-state index is 15.1. The molecule has 0 saturated heterocycles. The molecule has 1 aromatic carbocycles. The molecule has 194 valence electrons. The highest BCUT2D eigenvalue weighted by atomic mass is 32.2. The molecular weight excluding hydrogens is 506 g/mol. The van der Waals surface area contributed by atoms with Gasteiger partial charge < -0.3 is 24.9 Å². The number of aliphatic imine (C=N–C) groups is 1. The predicted octanol–water partition coefficient (Wildman–Crippen LogP) is 3.56. The number of hydrogen-bond donors (Lipinski definition) is 2. The second-order valence-electron chi connectivity index (χ2n) is 9.08. The van der Waals surface area contributed by atoms with Crippen LogP contribution in [-0.4, -0.2) is 44.5 Å². The molecule has 2 aliphatic rings. The summed E-state index contributed by atoms with van der Waals surface area (Å²) in [5.74, 6) is -2.38. The van der Waals surface area contributed by atoms with E-state index in [9.17, 15) is 9.18 Å². The Morgan fingerprint density at radius 1 is 1.35 bits per heavy atom. The highest BCUT2D eigenvalue weighted by Crippen LogP contribution is 2.66. The lowest BCUT2D eigenvalue weighted by atomic mass is 9.85. The van der Waals surface area contributed by atoms with Crippen molar-refractivity contribution in [2.45, 2.75) is 37.2 Å². The molecular formula is C24H24F2N6O4S. The second kappa shape index (κ2) is 9.38. The number of anilines is 1. The number of methoxy groups -OCH3 is 1. The first-order valence-electron chi connectivity index (χ1n) is 11.3. The number of thioether (sulfide) groups is 1. The van der Waals surface area contributed by atoms with Crippen molar-refractivity contribution in [1.29, 1.82) is 0 Å². The van der Waals surface area contributed by atoms with Crippen LogP contribution in [-0.2, 0) is 16.9 Å².